The maximum atomic E-state index is 13.4. The fraction of sp³-hybridized carbons (Fsp3) is 0.143. The third-order valence-electron chi connectivity index (χ3n) is 2.84. The highest BCUT2D eigenvalue weighted by molar-refractivity contribution is 9.10. The van der Waals surface area contributed by atoms with E-state index in [1.807, 2.05) is 0 Å². The van der Waals surface area contributed by atoms with Crippen LogP contribution in [-0.2, 0) is 6.42 Å². The zero-order valence-corrected chi connectivity index (χ0v) is 11.4. The van der Waals surface area contributed by atoms with E-state index < -0.39 is 17.7 Å². The van der Waals surface area contributed by atoms with Gasteiger partial charge in [-0.25, -0.2) is 13.2 Å². The summed E-state index contributed by atoms with van der Waals surface area (Å²) < 4.78 is 39.6. The van der Waals surface area contributed by atoms with Crippen molar-refractivity contribution < 1.29 is 13.2 Å². The number of rotatable bonds is 3. The van der Waals surface area contributed by atoms with Gasteiger partial charge in [0.2, 0.25) is 0 Å². The van der Waals surface area contributed by atoms with Crippen LogP contribution in [0.2, 0.25) is 0 Å². The molecular weight excluding hydrogens is 319 g/mol. The summed E-state index contributed by atoms with van der Waals surface area (Å²) in [7, 11) is 0. The molecule has 0 fully saturated rings. The van der Waals surface area contributed by atoms with Crippen LogP contribution in [0.5, 0.6) is 0 Å². The zero-order valence-electron chi connectivity index (χ0n) is 9.84. The number of halogens is 4. The first kappa shape index (κ1) is 14.1. The predicted molar refractivity (Wildman–Crippen MR) is 71.1 cm³/mol. The molecule has 1 nitrogen and oxygen atoms in total. The van der Waals surface area contributed by atoms with E-state index in [1.54, 1.807) is 12.1 Å². The van der Waals surface area contributed by atoms with Crippen LogP contribution in [0.1, 0.15) is 17.2 Å². The molecule has 0 bridgehead atoms. The Balaban J connectivity index is 2.23. The molecule has 0 aliphatic carbocycles. The predicted octanol–water partition coefficient (Wildman–Crippen LogP) is 4.11. The quantitative estimate of drug-likeness (QED) is 0.901. The van der Waals surface area contributed by atoms with Crippen LogP contribution in [0.15, 0.2) is 40.9 Å². The van der Waals surface area contributed by atoms with E-state index in [9.17, 15) is 13.2 Å². The lowest BCUT2D eigenvalue weighted by Crippen LogP contribution is -2.14. The lowest BCUT2D eigenvalue weighted by molar-refractivity contribution is 0.505. The maximum Gasteiger partial charge on any atom is 0.159 e. The number of hydrogen-bond acceptors (Lipinski definition) is 1. The fourth-order valence-corrected chi connectivity index (χ4v) is 2.23. The van der Waals surface area contributed by atoms with Crippen molar-refractivity contribution in [1.29, 1.82) is 0 Å². The lowest BCUT2D eigenvalue weighted by atomic mass is 9.99. The topological polar surface area (TPSA) is 26.0 Å². The van der Waals surface area contributed by atoms with Crippen LogP contribution in [0.3, 0.4) is 0 Å². The van der Waals surface area contributed by atoms with Crippen molar-refractivity contribution in [3.8, 4) is 0 Å². The molecular formula is C14H11BrF3N. The summed E-state index contributed by atoms with van der Waals surface area (Å²) in [6, 6.07) is 7.62. The van der Waals surface area contributed by atoms with Gasteiger partial charge in [0.05, 0.1) is 4.47 Å². The summed E-state index contributed by atoms with van der Waals surface area (Å²) in [5.41, 5.74) is 7.08. The molecule has 0 amide bonds. The van der Waals surface area contributed by atoms with E-state index in [1.165, 1.54) is 12.1 Å². The normalized spacial score (nSPS) is 12.5. The minimum absolute atomic E-state index is 0.323. The highest BCUT2D eigenvalue weighted by atomic mass is 79.9. The molecule has 0 saturated carbocycles. The molecule has 1 unspecified atom stereocenters. The Kier molecular flexibility index (Phi) is 4.27. The van der Waals surface area contributed by atoms with Gasteiger partial charge in [-0.2, -0.15) is 0 Å². The Morgan fingerprint density at radius 1 is 1.00 bits per heavy atom. The molecule has 0 aromatic heterocycles. The Morgan fingerprint density at radius 3 is 2.42 bits per heavy atom. The van der Waals surface area contributed by atoms with Crippen molar-refractivity contribution in [2.45, 2.75) is 12.5 Å². The monoisotopic (exact) mass is 329 g/mol. The third-order valence-corrected chi connectivity index (χ3v) is 3.73. The summed E-state index contributed by atoms with van der Waals surface area (Å²) in [6.45, 7) is 0. The third kappa shape index (κ3) is 3.16. The van der Waals surface area contributed by atoms with E-state index >= 15 is 0 Å². The molecule has 0 spiro atoms. The van der Waals surface area contributed by atoms with Crippen LogP contribution in [0, 0.1) is 17.5 Å². The standard InChI is InChI=1S/C14H11BrF3N/c15-14-9(2-1-3-11(14)17)7-13(19)8-4-5-10(16)12(18)6-8/h1-6,13H,7,19H2. The maximum absolute atomic E-state index is 13.4. The van der Waals surface area contributed by atoms with Crippen LogP contribution in [0.4, 0.5) is 13.2 Å². The van der Waals surface area contributed by atoms with Gasteiger partial charge in [-0.15, -0.1) is 0 Å². The molecule has 0 aliphatic rings. The number of nitrogens with two attached hydrogens (primary N) is 1. The van der Waals surface area contributed by atoms with E-state index in [2.05, 4.69) is 15.9 Å². The molecule has 2 aromatic rings. The van der Waals surface area contributed by atoms with Crippen molar-refractivity contribution in [2.75, 3.05) is 0 Å². The first-order chi connectivity index (χ1) is 8.99. The first-order valence-corrected chi connectivity index (χ1v) is 6.41. The number of hydrogen-bond donors (Lipinski definition) is 1. The molecule has 2 aromatic carbocycles. The van der Waals surface area contributed by atoms with Crippen LogP contribution in [0.25, 0.3) is 0 Å². The smallest absolute Gasteiger partial charge is 0.159 e. The van der Waals surface area contributed by atoms with Gasteiger partial charge in [-0.1, -0.05) is 18.2 Å². The molecule has 5 heteroatoms. The molecule has 0 aliphatic heterocycles. The van der Waals surface area contributed by atoms with Crippen LogP contribution < -0.4 is 5.73 Å². The average molecular weight is 330 g/mol. The van der Waals surface area contributed by atoms with Gasteiger partial charge in [0.15, 0.2) is 11.6 Å². The molecule has 100 valence electrons. The molecule has 2 N–H and O–H groups in total. The van der Waals surface area contributed by atoms with Crippen molar-refractivity contribution in [3.05, 3.63) is 69.4 Å². The number of benzene rings is 2. The summed E-state index contributed by atoms with van der Waals surface area (Å²) in [5, 5.41) is 0. The minimum atomic E-state index is -0.939. The van der Waals surface area contributed by atoms with Crippen molar-refractivity contribution in [2.24, 2.45) is 5.73 Å². The molecule has 2 rings (SSSR count). The largest absolute Gasteiger partial charge is 0.324 e. The average Bonchev–Trinajstić information content (AvgIpc) is 2.38. The van der Waals surface area contributed by atoms with Gasteiger partial charge < -0.3 is 5.73 Å². The second-order valence-electron chi connectivity index (χ2n) is 4.20. The highest BCUT2D eigenvalue weighted by Crippen LogP contribution is 2.25. The molecule has 1 atom stereocenters. The van der Waals surface area contributed by atoms with Crippen molar-refractivity contribution in [1.82, 2.24) is 0 Å². The van der Waals surface area contributed by atoms with E-state index in [4.69, 9.17) is 5.73 Å². The van der Waals surface area contributed by atoms with Gasteiger partial charge in [0.25, 0.3) is 0 Å². The second-order valence-corrected chi connectivity index (χ2v) is 4.99. The van der Waals surface area contributed by atoms with Gasteiger partial charge >= 0.3 is 0 Å². The van der Waals surface area contributed by atoms with Gasteiger partial charge in [0, 0.05) is 6.04 Å². The molecule has 0 radical (unpaired) electrons. The van der Waals surface area contributed by atoms with Gasteiger partial charge in [0.1, 0.15) is 5.82 Å². The zero-order chi connectivity index (χ0) is 14.0. The summed E-state index contributed by atoms with van der Waals surface area (Å²) >= 11 is 3.14. The van der Waals surface area contributed by atoms with Crippen molar-refractivity contribution in [3.63, 3.8) is 0 Å². The highest BCUT2D eigenvalue weighted by Gasteiger charge is 2.13. The Labute approximate surface area is 117 Å². The molecule has 19 heavy (non-hydrogen) atoms. The van der Waals surface area contributed by atoms with Gasteiger partial charge in [-0.05, 0) is 51.7 Å². The lowest BCUT2D eigenvalue weighted by Gasteiger charge is -2.14. The SMILES string of the molecule is NC(Cc1cccc(F)c1Br)c1ccc(F)c(F)c1. The minimum Gasteiger partial charge on any atom is -0.324 e. The first-order valence-electron chi connectivity index (χ1n) is 5.62. The van der Waals surface area contributed by atoms with Crippen LogP contribution in [-0.4, -0.2) is 0 Å². The Hall–Kier alpha value is -1.33. The van der Waals surface area contributed by atoms with Crippen molar-refractivity contribution >= 4 is 15.9 Å². The van der Waals surface area contributed by atoms with Gasteiger partial charge in [-0.3, -0.25) is 0 Å². The fourth-order valence-electron chi connectivity index (χ4n) is 1.80. The Morgan fingerprint density at radius 2 is 1.74 bits per heavy atom. The van der Waals surface area contributed by atoms with E-state index in [-0.39, 0.29) is 5.82 Å². The summed E-state index contributed by atoms with van der Waals surface area (Å²) in [4.78, 5) is 0. The summed E-state index contributed by atoms with van der Waals surface area (Å²) in [6.07, 6.45) is 0.323. The van der Waals surface area contributed by atoms with E-state index in [0.717, 1.165) is 12.1 Å². The second kappa shape index (κ2) is 5.75. The molecule has 0 heterocycles. The molecule has 0 saturated heterocycles. The Bertz CT molecular complexity index is 601. The van der Waals surface area contributed by atoms with Crippen LogP contribution >= 0.6 is 15.9 Å². The van der Waals surface area contributed by atoms with E-state index in [0.29, 0.717) is 22.0 Å². The summed E-state index contributed by atoms with van der Waals surface area (Å²) in [5.74, 6) is -2.23.